The molecule has 1 aliphatic rings. The Morgan fingerprint density at radius 3 is 2.39 bits per heavy atom. The van der Waals surface area contributed by atoms with Crippen molar-refractivity contribution in [2.24, 2.45) is 5.92 Å². The number of benzene rings is 1. The first-order chi connectivity index (χ1) is 10.8. The van der Waals surface area contributed by atoms with Crippen molar-refractivity contribution < 1.29 is 23.1 Å². The van der Waals surface area contributed by atoms with E-state index in [4.69, 9.17) is 5.11 Å². The molecule has 0 spiro atoms. The van der Waals surface area contributed by atoms with E-state index < -0.39 is 21.8 Å². The Balaban J connectivity index is 1.90. The van der Waals surface area contributed by atoms with E-state index in [1.165, 1.54) is 12.1 Å². The second-order valence-electron chi connectivity index (χ2n) is 5.79. The number of nitrogens with one attached hydrogen (secondary N) is 2. The van der Waals surface area contributed by atoms with Gasteiger partial charge in [0, 0.05) is 18.0 Å². The van der Waals surface area contributed by atoms with Crippen LogP contribution >= 0.6 is 0 Å². The molecule has 0 unspecified atom stereocenters. The van der Waals surface area contributed by atoms with Crippen LogP contribution in [0.4, 0.5) is 10.5 Å². The van der Waals surface area contributed by atoms with Gasteiger partial charge in [-0.05, 0) is 43.9 Å². The second-order valence-corrected chi connectivity index (χ2v) is 7.80. The first kappa shape index (κ1) is 17.3. The fourth-order valence-corrected chi connectivity index (χ4v) is 3.31. The van der Waals surface area contributed by atoms with Crippen LogP contribution in [-0.2, 0) is 14.6 Å². The van der Waals surface area contributed by atoms with Crippen LogP contribution < -0.4 is 10.6 Å². The lowest BCUT2D eigenvalue weighted by molar-refractivity contribution is -0.142. The molecular formula is C15H20N2O5S. The summed E-state index contributed by atoms with van der Waals surface area (Å²) in [7, 11) is -3.33. The highest BCUT2D eigenvalue weighted by atomic mass is 32.2. The van der Waals surface area contributed by atoms with Gasteiger partial charge in [0.05, 0.1) is 10.8 Å². The first-order valence-corrected chi connectivity index (χ1v) is 9.25. The number of carboxylic acids is 1. The van der Waals surface area contributed by atoms with E-state index in [0.29, 0.717) is 31.4 Å². The van der Waals surface area contributed by atoms with Gasteiger partial charge in [-0.3, -0.25) is 4.79 Å². The van der Waals surface area contributed by atoms with Crippen LogP contribution in [0.1, 0.15) is 25.7 Å². The number of hydrogen-bond donors (Lipinski definition) is 3. The fourth-order valence-electron chi connectivity index (χ4n) is 2.64. The number of aliphatic carboxylic acids is 1. The summed E-state index contributed by atoms with van der Waals surface area (Å²) in [6.07, 6.45) is 3.43. The highest BCUT2D eigenvalue weighted by Gasteiger charge is 2.26. The third-order valence-electron chi connectivity index (χ3n) is 3.93. The highest BCUT2D eigenvalue weighted by molar-refractivity contribution is 7.90. The largest absolute Gasteiger partial charge is 0.481 e. The van der Waals surface area contributed by atoms with Crippen LogP contribution in [0.2, 0.25) is 0 Å². The van der Waals surface area contributed by atoms with Gasteiger partial charge in [-0.2, -0.15) is 0 Å². The molecule has 1 aromatic carbocycles. The van der Waals surface area contributed by atoms with E-state index >= 15 is 0 Å². The van der Waals surface area contributed by atoms with Crippen LogP contribution in [0.3, 0.4) is 0 Å². The van der Waals surface area contributed by atoms with E-state index in [2.05, 4.69) is 10.6 Å². The highest BCUT2D eigenvalue weighted by Crippen LogP contribution is 2.24. The lowest BCUT2D eigenvalue weighted by Gasteiger charge is -2.26. The smallest absolute Gasteiger partial charge is 0.319 e. The van der Waals surface area contributed by atoms with Gasteiger partial charge < -0.3 is 15.7 Å². The molecule has 0 atom stereocenters. The number of hydrogen-bond acceptors (Lipinski definition) is 4. The zero-order chi connectivity index (χ0) is 17.0. The summed E-state index contributed by atoms with van der Waals surface area (Å²) in [5.41, 5.74) is 0.393. The topological polar surface area (TPSA) is 113 Å². The van der Waals surface area contributed by atoms with Crippen molar-refractivity contribution in [3.63, 3.8) is 0 Å². The summed E-state index contributed by atoms with van der Waals surface area (Å²) in [4.78, 5) is 23.0. The molecule has 2 rings (SSSR count). The molecule has 126 valence electrons. The van der Waals surface area contributed by atoms with Crippen LogP contribution in [-0.4, -0.2) is 37.8 Å². The average Bonchev–Trinajstić information content (AvgIpc) is 2.47. The van der Waals surface area contributed by atoms with E-state index in [-0.39, 0.29) is 16.9 Å². The van der Waals surface area contributed by atoms with Crippen molar-refractivity contribution in [3.8, 4) is 0 Å². The van der Waals surface area contributed by atoms with Crippen LogP contribution in [0, 0.1) is 5.92 Å². The lowest BCUT2D eigenvalue weighted by Crippen LogP contribution is -2.41. The maximum absolute atomic E-state index is 12.0. The molecule has 0 aromatic heterocycles. The Labute approximate surface area is 135 Å². The number of carbonyl (C=O) groups excluding carboxylic acids is 1. The number of amides is 2. The van der Waals surface area contributed by atoms with Gasteiger partial charge in [-0.1, -0.05) is 6.07 Å². The summed E-state index contributed by atoms with van der Waals surface area (Å²) in [6, 6.07) is 5.54. The molecule has 23 heavy (non-hydrogen) atoms. The predicted molar refractivity (Wildman–Crippen MR) is 85.1 cm³/mol. The molecule has 8 heteroatoms. The summed E-state index contributed by atoms with van der Waals surface area (Å²) < 4.78 is 23.0. The SMILES string of the molecule is CS(=O)(=O)c1cccc(NC(=O)NC2CCC(C(=O)O)CC2)c1. The van der Waals surface area contributed by atoms with E-state index in [1.54, 1.807) is 12.1 Å². The van der Waals surface area contributed by atoms with Crippen molar-refractivity contribution in [3.05, 3.63) is 24.3 Å². The van der Waals surface area contributed by atoms with E-state index in [9.17, 15) is 18.0 Å². The lowest BCUT2D eigenvalue weighted by atomic mass is 9.86. The quantitative estimate of drug-likeness (QED) is 0.774. The van der Waals surface area contributed by atoms with Crippen molar-refractivity contribution in [2.45, 2.75) is 36.6 Å². The summed E-state index contributed by atoms with van der Waals surface area (Å²) >= 11 is 0. The molecule has 0 aliphatic heterocycles. The molecule has 0 bridgehead atoms. The second kappa shape index (κ2) is 6.99. The molecule has 1 saturated carbocycles. The molecule has 1 aliphatic carbocycles. The normalized spacial score (nSPS) is 21.4. The maximum Gasteiger partial charge on any atom is 0.319 e. The molecule has 3 N–H and O–H groups in total. The third kappa shape index (κ3) is 4.95. The summed E-state index contributed by atoms with van der Waals surface area (Å²) in [6.45, 7) is 0. The van der Waals surface area contributed by atoms with Crippen LogP contribution in [0.15, 0.2) is 29.2 Å². The maximum atomic E-state index is 12.0. The zero-order valence-electron chi connectivity index (χ0n) is 12.8. The standard InChI is InChI=1S/C15H20N2O5S/c1-23(21,22)13-4-2-3-12(9-13)17-15(20)16-11-7-5-10(6-8-11)14(18)19/h2-4,9-11H,5-8H2,1H3,(H,18,19)(H2,16,17,20). The molecule has 0 heterocycles. The van der Waals surface area contributed by atoms with Crippen molar-refractivity contribution in [1.29, 1.82) is 0 Å². The fraction of sp³-hybridized carbons (Fsp3) is 0.467. The number of urea groups is 1. The van der Waals surface area contributed by atoms with Crippen molar-refractivity contribution in [2.75, 3.05) is 11.6 Å². The summed E-state index contributed by atoms with van der Waals surface area (Å²) in [5.74, 6) is -1.12. The predicted octanol–water partition coefficient (Wildman–Crippen LogP) is 1.85. The minimum absolute atomic E-state index is 0.0660. The Morgan fingerprint density at radius 1 is 1.17 bits per heavy atom. The monoisotopic (exact) mass is 340 g/mol. The Hall–Kier alpha value is -2.09. The summed E-state index contributed by atoms with van der Waals surface area (Å²) in [5, 5.41) is 14.3. The van der Waals surface area contributed by atoms with Crippen LogP contribution in [0.5, 0.6) is 0 Å². The van der Waals surface area contributed by atoms with Gasteiger partial charge in [-0.25, -0.2) is 13.2 Å². The van der Waals surface area contributed by atoms with Gasteiger partial charge in [0.1, 0.15) is 0 Å². The van der Waals surface area contributed by atoms with Gasteiger partial charge in [0.15, 0.2) is 9.84 Å². The Morgan fingerprint density at radius 2 is 1.83 bits per heavy atom. The number of carboxylic acid groups (broad SMARTS) is 1. The first-order valence-electron chi connectivity index (χ1n) is 7.36. The number of sulfone groups is 1. The van der Waals surface area contributed by atoms with Gasteiger partial charge >= 0.3 is 12.0 Å². The van der Waals surface area contributed by atoms with E-state index in [0.717, 1.165) is 6.26 Å². The van der Waals surface area contributed by atoms with Crippen LogP contribution in [0.25, 0.3) is 0 Å². The molecule has 0 saturated heterocycles. The minimum atomic E-state index is -3.33. The number of rotatable bonds is 4. The third-order valence-corrected chi connectivity index (χ3v) is 5.04. The van der Waals surface area contributed by atoms with Crippen molar-refractivity contribution >= 4 is 27.5 Å². The number of carbonyl (C=O) groups is 2. The van der Waals surface area contributed by atoms with Gasteiger partial charge in [0.2, 0.25) is 0 Å². The average molecular weight is 340 g/mol. The van der Waals surface area contributed by atoms with Crippen molar-refractivity contribution in [1.82, 2.24) is 5.32 Å². The molecule has 2 amide bonds. The van der Waals surface area contributed by atoms with Gasteiger partial charge in [0.25, 0.3) is 0 Å². The minimum Gasteiger partial charge on any atom is -0.481 e. The Bertz CT molecular complexity index is 694. The van der Waals surface area contributed by atoms with E-state index in [1.807, 2.05) is 0 Å². The molecule has 1 aromatic rings. The molecule has 1 fully saturated rings. The molecular weight excluding hydrogens is 320 g/mol. The molecule has 7 nitrogen and oxygen atoms in total. The van der Waals surface area contributed by atoms with Gasteiger partial charge in [-0.15, -0.1) is 0 Å². The molecule has 0 radical (unpaired) electrons. The Kier molecular flexibility index (Phi) is 5.25. The zero-order valence-corrected chi connectivity index (χ0v) is 13.6. The number of anilines is 1.